The third kappa shape index (κ3) is 4.94. The fourth-order valence-electron chi connectivity index (χ4n) is 3.65. The molecule has 1 heterocycles. The highest BCUT2D eigenvalue weighted by Gasteiger charge is 2.37. The zero-order valence-corrected chi connectivity index (χ0v) is 17.3. The molecule has 6 nitrogen and oxygen atoms in total. The molecule has 0 spiro atoms. The van der Waals surface area contributed by atoms with E-state index < -0.39 is 0 Å². The summed E-state index contributed by atoms with van der Waals surface area (Å²) in [6.45, 7) is 4.20. The van der Waals surface area contributed by atoms with Crippen molar-refractivity contribution in [2.75, 3.05) is 20.8 Å². The lowest BCUT2D eigenvalue weighted by Crippen LogP contribution is -2.20. The highest BCUT2D eigenvalue weighted by molar-refractivity contribution is 5.75. The lowest BCUT2D eigenvalue weighted by atomic mass is 9.85. The summed E-state index contributed by atoms with van der Waals surface area (Å²) in [6.07, 6.45) is 1.18. The maximum absolute atomic E-state index is 12.4. The molecule has 156 valence electrons. The fraction of sp³-hybridized carbons (Fsp3) is 0.435. The molecular formula is C23H28O6. The van der Waals surface area contributed by atoms with E-state index in [0.29, 0.717) is 36.7 Å². The number of ether oxygens (including phenoxy) is 4. The number of cyclic esters (lactones) is 1. The van der Waals surface area contributed by atoms with Gasteiger partial charge in [-0.2, -0.15) is 0 Å². The van der Waals surface area contributed by atoms with Crippen LogP contribution in [0.4, 0.5) is 0 Å². The van der Waals surface area contributed by atoms with E-state index >= 15 is 0 Å². The molecule has 2 atom stereocenters. The molecule has 1 aliphatic rings. The third-order valence-electron chi connectivity index (χ3n) is 5.10. The number of hydrogen-bond donors (Lipinski definition) is 1. The Morgan fingerprint density at radius 3 is 2.34 bits per heavy atom. The molecule has 0 amide bonds. The van der Waals surface area contributed by atoms with Gasteiger partial charge in [-0.15, -0.1) is 0 Å². The Morgan fingerprint density at radius 1 is 1.00 bits per heavy atom. The second-order valence-electron chi connectivity index (χ2n) is 7.56. The summed E-state index contributed by atoms with van der Waals surface area (Å²) in [5, 5.41) is 10.00. The predicted molar refractivity (Wildman–Crippen MR) is 109 cm³/mol. The number of esters is 1. The molecule has 2 aromatic rings. The van der Waals surface area contributed by atoms with E-state index in [9.17, 15) is 9.90 Å². The van der Waals surface area contributed by atoms with Crippen LogP contribution in [0.5, 0.6) is 23.0 Å². The molecule has 29 heavy (non-hydrogen) atoms. The number of hydrogen-bond acceptors (Lipinski definition) is 6. The first-order chi connectivity index (χ1) is 13.9. The number of phenolic OH excluding ortho intramolecular Hbond substituents is 1. The monoisotopic (exact) mass is 400 g/mol. The number of carbonyl (C=O) groups excluding carboxylic acids is 1. The Kier molecular flexibility index (Phi) is 6.52. The van der Waals surface area contributed by atoms with Gasteiger partial charge in [-0.1, -0.05) is 12.1 Å². The van der Waals surface area contributed by atoms with Crippen molar-refractivity contribution in [1.82, 2.24) is 0 Å². The second-order valence-corrected chi connectivity index (χ2v) is 7.56. The maximum atomic E-state index is 12.4. The SMILES string of the molecule is COc1ccc(C[C@H]2COC(=O)[C@@H]2Cc2ccc(O)c(OC(C)C)c2)cc1OC. The Hall–Kier alpha value is -2.89. The van der Waals surface area contributed by atoms with Crippen LogP contribution < -0.4 is 14.2 Å². The van der Waals surface area contributed by atoms with Crippen LogP contribution in [0.3, 0.4) is 0 Å². The van der Waals surface area contributed by atoms with E-state index in [2.05, 4.69) is 0 Å². The lowest BCUT2D eigenvalue weighted by molar-refractivity contribution is -0.141. The van der Waals surface area contributed by atoms with Gasteiger partial charge in [0, 0.05) is 5.92 Å². The molecule has 1 saturated heterocycles. The summed E-state index contributed by atoms with van der Waals surface area (Å²) >= 11 is 0. The molecule has 0 aromatic heterocycles. The molecule has 0 aliphatic carbocycles. The second kappa shape index (κ2) is 9.07. The van der Waals surface area contributed by atoms with E-state index in [1.165, 1.54) is 0 Å². The number of aromatic hydroxyl groups is 1. The van der Waals surface area contributed by atoms with E-state index in [1.807, 2.05) is 38.1 Å². The summed E-state index contributed by atoms with van der Waals surface area (Å²) in [5.41, 5.74) is 1.99. The zero-order valence-electron chi connectivity index (χ0n) is 17.3. The quantitative estimate of drug-likeness (QED) is 0.680. The number of rotatable bonds is 8. The molecule has 0 saturated carbocycles. The van der Waals surface area contributed by atoms with E-state index in [0.717, 1.165) is 11.1 Å². The lowest BCUT2D eigenvalue weighted by Gasteiger charge is -2.18. The minimum absolute atomic E-state index is 0.0506. The number of carbonyl (C=O) groups is 1. The van der Waals surface area contributed by atoms with Crippen molar-refractivity contribution in [3.05, 3.63) is 47.5 Å². The van der Waals surface area contributed by atoms with Gasteiger partial charge in [-0.3, -0.25) is 4.79 Å². The van der Waals surface area contributed by atoms with Crippen LogP contribution in [0.2, 0.25) is 0 Å². The van der Waals surface area contributed by atoms with Crippen molar-refractivity contribution >= 4 is 5.97 Å². The minimum Gasteiger partial charge on any atom is -0.504 e. The van der Waals surface area contributed by atoms with Gasteiger partial charge >= 0.3 is 5.97 Å². The van der Waals surface area contributed by atoms with E-state index in [4.69, 9.17) is 18.9 Å². The molecular weight excluding hydrogens is 372 g/mol. The first-order valence-corrected chi connectivity index (χ1v) is 9.77. The van der Waals surface area contributed by atoms with Crippen molar-refractivity contribution in [2.45, 2.75) is 32.8 Å². The van der Waals surface area contributed by atoms with Gasteiger partial charge in [0.25, 0.3) is 0 Å². The topological polar surface area (TPSA) is 74.2 Å². The molecule has 2 aromatic carbocycles. The number of methoxy groups -OCH3 is 2. The first kappa shape index (κ1) is 20.8. The Morgan fingerprint density at radius 2 is 1.66 bits per heavy atom. The summed E-state index contributed by atoms with van der Waals surface area (Å²) in [5.74, 6) is 1.49. The van der Waals surface area contributed by atoms with Crippen LogP contribution in [0.25, 0.3) is 0 Å². The Bertz CT molecular complexity index is 860. The van der Waals surface area contributed by atoms with Gasteiger partial charge in [-0.05, 0) is 62.1 Å². The van der Waals surface area contributed by atoms with Crippen molar-refractivity contribution in [3.8, 4) is 23.0 Å². The Balaban J connectivity index is 1.76. The molecule has 1 aliphatic heterocycles. The minimum atomic E-state index is -0.250. The van der Waals surface area contributed by atoms with Crippen LogP contribution in [0.1, 0.15) is 25.0 Å². The maximum Gasteiger partial charge on any atom is 0.309 e. The van der Waals surface area contributed by atoms with Crippen LogP contribution in [0, 0.1) is 11.8 Å². The highest BCUT2D eigenvalue weighted by Crippen LogP contribution is 2.34. The largest absolute Gasteiger partial charge is 0.504 e. The molecule has 0 bridgehead atoms. The number of phenols is 1. The summed E-state index contributed by atoms with van der Waals surface area (Å²) < 4.78 is 21.7. The fourth-order valence-corrected chi connectivity index (χ4v) is 3.65. The summed E-state index contributed by atoms with van der Waals surface area (Å²) in [6, 6.07) is 11.0. The third-order valence-corrected chi connectivity index (χ3v) is 5.10. The van der Waals surface area contributed by atoms with E-state index in [1.54, 1.807) is 26.4 Å². The van der Waals surface area contributed by atoms with Crippen LogP contribution in [-0.2, 0) is 22.4 Å². The van der Waals surface area contributed by atoms with Crippen LogP contribution in [-0.4, -0.2) is 38.0 Å². The highest BCUT2D eigenvalue weighted by atomic mass is 16.5. The van der Waals surface area contributed by atoms with Gasteiger partial charge in [0.2, 0.25) is 0 Å². The van der Waals surface area contributed by atoms with E-state index in [-0.39, 0.29) is 29.7 Å². The van der Waals surface area contributed by atoms with Crippen molar-refractivity contribution in [1.29, 1.82) is 0 Å². The predicted octanol–water partition coefficient (Wildman–Crippen LogP) is 3.77. The molecule has 3 rings (SSSR count). The van der Waals surface area contributed by atoms with Crippen molar-refractivity contribution < 1.29 is 28.8 Å². The standard InChI is InChI=1S/C23H28O6/c1-14(2)29-21-11-16(5-7-19(21)24)10-18-17(13-28-23(18)25)9-15-6-8-20(26-3)22(12-15)27-4/h5-8,11-12,14,17-18,24H,9-10,13H2,1-4H3/t17-,18+/m0/s1. The molecule has 6 heteroatoms. The molecule has 0 radical (unpaired) electrons. The van der Waals surface area contributed by atoms with Crippen molar-refractivity contribution in [2.24, 2.45) is 11.8 Å². The summed E-state index contributed by atoms with van der Waals surface area (Å²) in [4.78, 5) is 12.4. The normalized spacial score (nSPS) is 18.6. The van der Waals surface area contributed by atoms with Crippen molar-refractivity contribution in [3.63, 3.8) is 0 Å². The smallest absolute Gasteiger partial charge is 0.309 e. The molecule has 0 unspecified atom stereocenters. The Labute approximate surface area is 171 Å². The van der Waals surface area contributed by atoms with Crippen LogP contribution >= 0.6 is 0 Å². The molecule has 1 N–H and O–H groups in total. The van der Waals surface area contributed by atoms with Crippen LogP contribution in [0.15, 0.2) is 36.4 Å². The summed E-state index contributed by atoms with van der Waals surface area (Å²) in [7, 11) is 3.21. The average molecular weight is 400 g/mol. The van der Waals surface area contributed by atoms with Gasteiger partial charge in [0.15, 0.2) is 23.0 Å². The zero-order chi connectivity index (χ0) is 21.0. The van der Waals surface area contributed by atoms with Gasteiger partial charge in [0.1, 0.15) is 0 Å². The van der Waals surface area contributed by atoms with Gasteiger partial charge < -0.3 is 24.1 Å². The van der Waals surface area contributed by atoms with Gasteiger partial charge in [0.05, 0.1) is 32.8 Å². The van der Waals surface area contributed by atoms with Gasteiger partial charge in [-0.25, -0.2) is 0 Å². The first-order valence-electron chi connectivity index (χ1n) is 9.77. The average Bonchev–Trinajstić information content (AvgIpc) is 3.03. The number of benzene rings is 2. The molecule has 1 fully saturated rings.